The molecule has 3 rings (SSSR count). The van der Waals surface area contributed by atoms with Gasteiger partial charge >= 0.3 is 5.97 Å². The van der Waals surface area contributed by atoms with Crippen LogP contribution in [0.1, 0.15) is 12.0 Å². The highest BCUT2D eigenvalue weighted by atomic mass is 16.5. The minimum atomic E-state index is -0.846. The van der Waals surface area contributed by atoms with Crippen molar-refractivity contribution >= 4 is 17.8 Å². The van der Waals surface area contributed by atoms with Gasteiger partial charge in [-0.3, -0.25) is 4.79 Å². The summed E-state index contributed by atoms with van der Waals surface area (Å²) in [5, 5.41) is 10.9. The van der Waals surface area contributed by atoms with Gasteiger partial charge in [0.25, 0.3) is 0 Å². The average molecular weight is 252 g/mol. The molecule has 1 heterocycles. The van der Waals surface area contributed by atoms with Crippen molar-refractivity contribution in [1.29, 1.82) is 0 Å². The van der Waals surface area contributed by atoms with Gasteiger partial charge in [-0.15, -0.1) is 0 Å². The summed E-state index contributed by atoms with van der Waals surface area (Å²) in [5.74, 6) is -0.156. The van der Waals surface area contributed by atoms with Crippen molar-refractivity contribution in [3.05, 3.63) is 64.5 Å². The maximum atomic E-state index is 11.1. The monoisotopic (exact) mass is 252 g/mol. The maximum Gasteiger partial charge on any atom is 0.307 e. The van der Waals surface area contributed by atoms with Crippen LogP contribution < -0.4 is 15.2 Å². The van der Waals surface area contributed by atoms with Crippen LogP contribution >= 0.6 is 0 Å². The van der Waals surface area contributed by atoms with E-state index in [1.807, 2.05) is 48.5 Å². The summed E-state index contributed by atoms with van der Waals surface area (Å²) in [4.78, 5) is 11.1. The standard InChI is InChI=1S/C16H12O3/c17-16(18)9-14-12-6-2-1-5-11(12)10-19-15-8-4-3-7-13(14)15/h1-8,10H,9H2,(H,17,18). The Kier molecular flexibility index (Phi) is 2.80. The minimum absolute atomic E-state index is 0.0226. The second-order valence-electron chi connectivity index (χ2n) is 4.37. The molecule has 1 aliphatic rings. The van der Waals surface area contributed by atoms with Crippen molar-refractivity contribution in [1.82, 2.24) is 0 Å². The highest BCUT2D eigenvalue weighted by Gasteiger charge is 2.15. The molecule has 0 amide bonds. The van der Waals surface area contributed by atoms with E-state index in [1.165, 1.54) is 0 Å². The number of ether oxygens (including phenoxy) is 1. The summed E-state index contributed by atoms with van der Waals surface area (Å²) in [5.41, 5.74) is 1.62. The van der Waals surface area contributed by atoms with Crippen molar-refractivity contribution in [2.24, 2.45) is 0 Å². The van der Waals surface area contributed by atoms with E-state index < -0.39 is 5.97 Å². The van der Waals surface area contributed by atoms with Gasteiger partial charge in [-0.1, -0.05) is 42.5 Å². The number of carboxylic acids is 1. The van der Waals surface area contributed by atoms with Gasteiger partial charge < -0.3 is 9.84 Å². The highest BCUT2D eigenvalue weighted by Crippen LogP contribution is 2.27. The van der Waals surface area contributed by atoms with E-state index in [1.54, 1.807) is 6.26 Å². The lowest BCUT2D eigenvalue weighted by Gasteiger charge is -2.08. The molecular weight excluding hydrogens is 240 g/mol. The van der Waals surface area contributed by atoms with E-state index >= 15 is 0 Å². The molecule has 1 aliphatic heterocycles. The number of aliphatic carboxylic acids is 1. The van der Waals surface area contributed by atoms with Crippen LogP contribution in [0.2, 0.25) is 0 Å². The predicted molar refractivity (Wildman–Crippen MR) is 72.0 cm³/mol. The smallest absolute Gasteiger partial charge is 0.307 e. The van der Waals surface area contributed by atoms with Gasteiger partial charge in [0.2, 0.25) is 0 Å². The second kappa shape index (κ2) is 4.61. The summed E-state index contributed by atoms with van der Waals surface area (Å²) in [6, 6.07) is 15.2. The summed E-state index contributed by atoms with van der Waals surface area (Å²) in [7, 11) is 0. The number of hydrogen-bond donors (Lipinski definition) is 1. The predicted octanol–water partition coefficient (Wildman–Crippen LogP) is 1.49. The van der Waals surface area contributed by atoms with Crippen molar-refractivity contribution in [3.8, 4) is 5.75 Å². The summed E-state index contributed by atoms with van der Waals surface area (Å²) in [6.07, 6.45) is 1.65. The first-order chi connectivity index (χ1) is 9.25. The van der Waals surface area contributed by atoms with Crippen LogP contribution in [-0.4, -0.2) is 11.1 Å². The van der Waals surface area contributed by atoms with Gasteiger partial charge in [0.15, 0.2) is 0 Å². The van der Waals surface area contributed by atoms with Crippen LogP contribution in [0, 0.1) is 0 Å². The molecule has 0 saturated heterocycles. The van der Waals surface area contributed by atoms with Gasteiger partial charge in [-0.2, -0.15) is 0 Å². The molecule has 0 saturated carbocycles. The van der Waals surface area contributed by atoms with E-state index in [-0.39, 0.29) is 6.42 Å². The third-order valence-corrected chi connectivity index (χ3v) is 3.14. The van der Waals surface area contributed by atoms with Gasteiger partial charge in [-0.05, 0) is 16.9 Å². The van der Waals surface area contributed by atoms with Crippen LogP contribution in [0.25, 0.3) is 11.8 Å². The fraction of sp³-hybridized carbons (Fsp3) is 0.0625. The molecule has 1 N–H and O–H groups in total. The van der Waals surface area contributed by atoms with E-state index in [0.717, 1.165) is 21.6 Å². The fourth-order valence-electron chi connectivity index (χ4n) is 2.31. The molecule has 2 aromatic carbocycles. The number of para-hydroxylation sites is 1. The van der Waals surface area contributed by atoms with Gasteiger partial charge in [0, 0.05) is 10.8 Å². The largest absolute Gasteiger partial charge is 0.481 e. The van der Waals surface area contributed by atoms with Gasteiger partial charge in [-0.25, -0.2) is 0 Å². The molecule has 19 heavy (non-hydrogen) atoms. The summed E-state index contributed by atoms with van der Waals surface area (Å²) >= 11 is 0. The first-order valence-electron chi connectivity index (χ1n) is 6.02. The van der Waals surface area contributed by atoms with Crippen LogP contribution in [0.3, 0.4) is 0 Å². The molecule has 0 fully saturated rings. The molecule has 0 radical (unpaired) electrons. The average Bonchev–Trinajstić information content (AvgIpc) is 2.57. The second-order valence-corrected chi connectivity index (χ2v) is 4.37. The highest BCUT2D eigenvalue weighted by molar-refractivity contribution is 5.85. The molecule has 0 unspecified atom stereocenters. The Morgan fingerprint density at radius 3 is 2.63 bits per heavy atom. The van der Waals surface area contributed by atoms with Crippen molar-refractivity contribution in [2.45, 2.75) is 6.42 Å². The van der Waals surface area contributed by atoms with Crippen LogP contribution in [0.4, 0.5) is 0 Å². The van der Waals surface area contributed by atoms with Gasteiger partial charge in [0.1, 0.15) is 5.75 Å². The zero-order valence-electron chi connectivity index (χ0n) is 10.2. The zero-order chi connectivity index (χ0) is 13.2. The molecule has 0 bridgehead atoms. The Morgan fingerprint density at radius 2 is 1.79 bits per heavy atom. The van der Waals surface area contributed by atoms with E-state index in [9.17, 15) is 4.79 Å². The molecule has 0 spiro atoms. The Bertz CT molecular complexity index is 760. The molecule has 3 nitrogen and oxygen atoms in total. The molecule has 3 heteroatoms. The number of benzene rings is 2. The molecular formula is C16H12O3. The Balaban J connectivity index is 2.38. The van der Waals surface area contributed by atoms with E-state index in [4.69, 9.17) is 9.84 Å². The fourth-order valence-corrected chi connectivity index (χ4v) is 2.31. The molecule has 94 valence electrons. The number of hydrogen-bond acceptors (Lipinski definition) is 2. The molecule has 0 aliphatic carbocycles. The van der Waals surface area contributed by atoms with Crippen LogP contribution in [-0.2, 0) is 4.79 Å². The molecule has 0 atom stereocenters. The van der Waals surface area contributed by atoms with E-state index in [2.05, 4.69) is 0 Å². The normalized spacial score (nSPS) is 12.5. The lowest BCUT2D eigenvalue weighted by molar-refractivity contribution is -0.135. The first-order valence-corrected chi connectivity index (χ1v) is 6.02. The summed E-state index contributed by atoms with van der Waals surface area (Å²) in [6.45, 7) is 0. The van der Waals surface area contributed by atoms with Crippen molar-refractivity contribution in [3.63, 3.8) is 0 Å². The zero-order valence-corrected chi connectivity index (χ0v) is 10.2. The van der Waals surface area contributed by atoms with Crippen molar-refractivity contribution < 1.29 is 14.6 Å². The Morgan fingerprint density at radius 1 is 1.05 bits per heavy atom. The summed E-state index contributed by atoms with van der Waals surface area (Å²) < 4.78 is 5.65. The lowest BCUT2D eigenvalue weighted by atomic mass is 9.98. The van der Waals surface area contributed by atoms with Crippen LogP contribution in [0.15, 0.2) is 48.5 Å². The Hall–Kier alpha value is -2.55. The number of rotatable bonds is 2. The van der Waals surface area contributed by atoms with Crippen molar-refractivity contribution in [2.75, 3.05) is 0 Å². The number of carbonyl (C=O) groups is 1. The third-order valence-electron chi connectivity index (χ3n) is 3.14. The van der Waals surface area contributed by atoms with Crippen LogP contribution in [0.5, 0.6) is 5.75 Å². The topological polar surface area (TPSA) is 46.5 Å². The molecule has 2 aromatic rings. The third kappa shape index (κ3) is 2.10. The number of carboxylic acid groups (broad SMARTS) is 1. The number of fused-ring (bicyclic) bond motifs is 2. The lowest BCUT2D eigenvalue weighted by Crippen LogP contribution is -2.27. The maximum absolute atomic E-state index is 11.1. The quantitative estimate of drug-likeness (QED) is 0.880. The Labute approximate surface area is 110 Å². The SMILES string of the molecule is O=C(O)CC1=c2ccccc2=COc2ccccc21. The van der Waals surface area contributed by atoms with E-state index in [0.29, 0.717) is 5.75 Å². The molecule has 0 aromatic heterocycles. The first kappa shape index (κ1) is 11.5. The van der Waals surface area contributed by atoms with Gasteiger partial charge in [0.05, 0.1) is 12.7 Å². The minimum Gasteiger partial charge on any atom is -0.481 e.